The summed E-state index contributed by atoms with van der Waals surface area (Å²) in [4.78, 5) is 24.9. The van der Waals surface area contributed by atoms with Gasteiger partial charge in [0.1, 0.15) is 5.54 Å². The van der Waals surface area contributed by atoms with Crippen LogP contribution in [0.3, 0.4) is 0 Å². The van der Waals surface area contributed by atoms with Crippen molar-refractivity contribution in [3.05, 3.63) is 0 Å². The predicted molar refractivity (Wildman–Crippen MR) is 91.0 cm³/mol. The number of rotatable bonds is 12. The van der Waals surface area contributed by atoms with Crippen LogP contribution in [0, 0.1) is 0 Å². The van der Waals surface area contributed by atoms with E-state index in [1.807, 2.05) is 0 Å². The van der Waals surface area contributed by atoms with E-state index in [-0.39, 0.29) is 31.3 Å². The first-order chi connectivity index (χ1) is 11.6. The minimum Gasteiger partial charge on any atom is -0.382 e. The third-order valence-electron chi connectivity index (χ3n) is 3.63. The summed E-state index contributed by atoms with van der Waals surface area (Å²) in [6, 6.07) is -0.712. The average molecular weight is 401 g/mol. The fraction of sp³-hybridized carbons (Fsp3) is 0.857. The Bertz CT molecular complexity index is 568. The summed E-state index contributed by atoms with van der Waals surface area (Å²) >= 11 is 5.79. The van der Waals surface area contributed by atoms with Crippen molar-refractivity contribution in [1.82, 2.24) is 9.32 Å². The molecule has 1 aliphatic heterocycles. The van der Waals surface area contributed by atoms with E-state index in [1.165, 1.54) is 13.8 Å². The molecule has 0 bridgehead atoms. The maximum Gasteiger partial charge on any atom is 0.342 e. The van der Waals surface area contributed by atoms with Crippen LogP contribution >= 0.6 is 11.8 Å². The van der Waals surface area contributed by atoms with Crippen LogP contribution in [0.4, 0.5) is 4.79 Å². The maximum atomic E-state index is 12.1. The van der Waals surface area contributed by atoms with Crippen LogP contribution in [-0.4, -0.2) is 93.4 Å². The van der Waals surface area contributed by atoms with Crippen molar-refractivity contribution < 1.29 is 32.2 Å². The lowest BCUT2D eigenvalue weighted by Gasteiger charge is -2.19. The highest BCUT2D eigenvalue weighted by molar-refractivity contribution is 7.91. The van der Waals surface area contributed by atoms with Gasteiger partial charge < -0.3 is 14.2 Å². The van der Waals surface area contributed by atoms with E-state index in [2.05, 4.69) is 0 Å². The lowest BCUT2D eigenvalue weighted by molar-refractivity contribution is -0.130. The molecule has 0 aromatic rings. The summed E-state index contributed by atoms with van der Waals surface area (Å²) in [7, 11) is -1.90. The molecule has 0 aliphatic carbocycles. The molecular formula is C14H25ClN2O7S. The molecule has 0 atom stereocenters. The summed E-state index contributed by atoms with van der Waals surface area (Å²) < 4.78 is 40.0. The van der Waals surface area contributed by atoms with E-state index in [0.29, 0.717) is 19.8 Å². The van der Waals surface area contributed by atoms with Gasteiger partial charge in [0.25, 0.3) is 5.91 Å². The first-order valence-electron chi connectivity index (χ1n) is 7.80. The van der Waals surface area contributed by atoms with Crippen molar-refractivity contribution in [2.24, 2.45) is 0 Å². The van der Waals surface area contributed by atoms with Gasteiger partial charge in [-0.15, -0.1) is 0 Å². The highest BCUT2D eigenvalue weighted by Crippen LogP contribution is 2.29. The number of hydrogen-bond acceptors (Lipinski definition) is 7. The van der Waals surface area contributed by atoms with E-state index < -0.39 is 27.3 Å². The molecule has 25 heavy (non-hydrogen) atoms. The quantitative estimate of drug-likeness (QED) is 0.263. The Morgan fingerprint density at radius 1 is 1.00 bits per heavy atom. The van der Waals surface area contributed by atoms with Gasteiger partial charge in [-0.25, -0.2) is 17.6 Å². The predicted octanol–water partition coefficient (Wildman–Crippen LogP) is 0.277. The standard InChI is InChI=1S/C14H25ClN2O7S/c1-14(2)12(18)16(13(19)17(14)15)4-10-25(20,21)11-9-24-8-7-23-6-5-22-3/h4-11H2,1-3H3. The Kier molecular flexibility index (Phi) is 8.55. The Labute approximate surface area is 153 Å². The van der Waals surface area contributed by atoms with Gasteiger partial charge in [0.05, 0.1) is 44.5 Å². The van der Waals surface area contributed by atoms with E-state index in [1.54, 1.807) is 7.11 Å². The molecule has 1 rings (SSSR count). The SMILES string of the molecule is COCCOCCOCCS(=O)(=O)CCN1C(=O)N(Cl)C(C)(C)C1=O. The van der Waals surface area contributed by atoms with Crippen LogP contribution in [0.25, 0.3) is 0 Å². The molecule has 1 saturated heterocycles. The van der Waals surface area contributed by atoms with E-state index in [0.717, 1.165) is 9.32 Å². The zero-order valence-corrected chi connectivity index (χ0v) is 16.3. The number of ether oxygens (including phenoxy) is 3. The monoisotopic (exact) mass is 400 g/mol. The van der Waals surface area contributed by atoms with Crippen LogP contribution in [0.15, 0.2) is 0 Å². The van der Waals surface area contributed by atoms with Gasteiger partial charge in [-0.2, -0.15) is 0 Å². The van der Waals surface area contributed by atoms with Crippen LogP contribution in [0.2, 0.25) is 0 Å². The Hall–Kier alpha value is -0.940. The molecule has 0 aromatic heterocycles. The van der Waals surface area contributed by atoms with Gasteiger partial charge >= 0.3 is 6.03 Å². The van der Waals surface area contributed by atoms with Gasteiger partial charge in [-0.05, 0) is 13.8 Å². The second-order valence-corrected chi connectivity index (χ2v) is 8.59. The molecule has 3 amide bonds. The number of sulfone groups is 1. The van der Waals surface area contributed by atoms with Gasteiger partial charge in [-0.1, -0.05) is 0 Å². The minimum atomic E-state index is -3.47. The van der Waals surface area contributed by atoms with E-state index in [4.69, 9.17) is 26.0 Å². The maximum absolute atomic E-state index is 12.1. The molecule has 9 nitrogen and oxygen atoms in total. The zero-order chi connectivity index (χ0) is 19.1. The van der Waals surface area contributed by atoms with Crippen LogP contribution in [0.1, 0.15) is 13.8 Å². The lowest BCUT2D eigenvalue weighted by atomic mass is 10.1. The zero-order valence-electron chi connectivity index (χ0n) is 14.7. The molecule has 0 N–H and O–H groups in total. The molecule has 1 fully saturated rings. The number of hydrogen-bond donors (Lipinski definition) is 0. The fourth-order valence-corrected chi connectivity index (χ4v) is 3.23. The van der Waals surface area contributed by atoms with Crippen molar-refractivity contribution in [2.45, 2.75) is 19.4 Å². The molecular weight excluding hydrogens is 376 g/mol. The third kappa shape index (κ3) is 6.37. The van der Waals surface area contributed by atoms with Gasteiger partial charge in [0.2, 0.25) is 0 Å². The van der Waals surface area contributed by atoms with Crippen molar-refractivity contribution in [3.8, 4) is 0 Å². The number of halogens is 1. The van der Waals surface area contributed by atoms with Crippen molar-refractivity contribution in [1.29, 1.82) is 0 Å². The lowest BCUT2D eigenvalue weighted by Crippen LogP contribution is -2.40. The highest BCUT2D eigenvalue weighted by Gasteiger charge is 2.51. The van der Waals surface area contributed by atoms with Crippen molar-refractivity contribution in [2.75, 3.05) is 58.2 Å². The smallest absolute Gasteiger partial charge is 0.342 e. The van der Waals surface area contributed by atoms with Gasteiger partial charge in [-0.3, -0.25) is 9.69 Å². The largest absolute Gasteiger partial charge is 0.382 e. The average Bonchev–Trinajstić information content (AvgIpc) is 2.69. The number of imide groups is 1. The summed E-state index contributed by atoms with van der Waals surface area (Å²) in [6.45, 7) is 4.34. The summed E-state index contributed by atoms with van der Waals surface area (Å²) in [6.07, 6.45) is 0. The Morgan fingerprint density at radius 3 is 2.08 bits per heavy atom. The second-order valence-electron chi connectivity index (χ2n) is 5.95. The second kappa shape index (κ2) is 9.67. The topological polar surface area (TPSA) is 102 Å². The normalized spacial score (nSPS) is 17.6. The molecule has 0 saturated carbocycles. The summed E-state index contributed by atoms with van der Waals surface area (Å²) in [5, 5.41) is 0. The van der Waals surface area contributed by atoms with E-state index in [9.17, 15) is 18.0 Å². The summed E-state index contributed by atoms with van der Waals surface area (Å²) in [5.74, 6) is -1.05. The number of carbonyl (C=O) groups excluding carboxylic acids is 2. The first kappa shape index (κ1) is 22.1. The number of nitrogens with zero attached hydrogens (tertiary/aromatic N) is 2. The van der Waals surface area contributed by atoms with Crippen LogP contribution < -0.4 is 0 Å². The number of amides is 3. The minimum absolute atomic E-state index is 0.0188. The van der Waals surface area contributed by atoms with E-state index >= 15 is 0 Å². The molecule has 0 unspecified atom stereocenters. The van der Waals surface area contributed by atoms with Crippen molar-refractivity contribution >= 4 is 33.6 Å². The van der Waals surface area contributed by atoms with Gasteiger partial charge in [0.15, 0.2) is 9.84 Å². The molecule has 11 heteroatoms. The Morgan fingerprint density at radius 2 is 1.56 bits per heavy atom. The molecule has 0 radical (unpaired) electrons. The van der Waals surface area contributed by atoms with Gasteiger partial charge in [0, 0.05) is 25.4 Å². The molecule has 0 spiro atoms. The number of carbonyl (C=O) groups is 2. The molecule has 1 aliphatic rings. The highest BCUT2D eigenvalue weighted by atomic mass is 35.5. The molecule has 0 aromatic carbocycles. The number of urea groups is 1. The molecule has 1 heterocycles. The van der Waals surface area contributed by atoms with Crippen LogP contribution in [0.5, 0.6) is 0 Å². The third-order valence-corrected chi connectivity index (χ3v) is 5.79. The fourth-order valence-electron chi connectivity index (χ4n) is 2.03. The Balaban J connectivity index is 2.30. The summed E-state index contributed by atoms with van der Waals surface area (Å²) in [5.41, 5.74) is -1.19. The number of methoxy groups -OCH3 is 1. The molecule has 146 valence electrons. The van der Waals surface area contributed by atoms with Crippen molar-refractivity contribution in [3.63, 3.8) is 0 Å². The first-order valence-corrected chi connectivity index (χ1v) is 9.96. The van der Waals surface area contributed by atoms with Crippen LogP contribution in [-0.2, 0) is 28.8 Å².